The molecule has 1 amide bonds. The summed E-state index contributed by atoms with van der Waals surface area (Å²) in [6.45, 7) is 3.86. The van der Waals surface area contributed by atoms with Gasteiger partial charge in [-0.15, -0.1) is 0 Å². The minimum Gasteiger partial charge on any atom is -0.491 e. The third kappa shape index (κ3) is 5.34. The lowest BCUT2D eigenvalue weighted by Gasteiger charge is -2.11. The summed E-state index contributed by atoms with van der Waals surface area (Å²) in [6.07, 6.45) is 0.0714. The normalized spacial score (nSPS) is 10.3. The highest BCUT2D eigenvalue weighted by Gasteiger charge is 2.08. The third-order valence-corrected chi connectivity index (χ3v) is 3.02. The highest BCUT2D eigenvalue weighted by molar-refractivity contribution is 7.80. The van der Waals surface area contributed by atoms with Gasteiger partial charge in [0, 0.05) is 11.3 Å². The van der Waals surface area contributed by atoms with E-state index >= 15 is 0 Å². The van der Waals surface area contributed by atoms with E-state index in [2.05, 4.69) is 10.6 Å². The first kappa shape index (κ1) is 16.9. The molecular formula is C17H17FN2O2S. The summed E-state index contributed by atoms with van der Waals surface area (Å²) in [5, 5.41) is 5.52. The van der Waals surface area contributed by atoms with Gasteiger partial charge in [0.15, 0.2) is 5.11 Å². The molecule has 2 aromatic rings. The van der Waals surface area contributed by atoms with E-state index < -0.39 is 0 Å². The second-order valence-electron chi connectivity index (χ2n) is 5.11. The Morgan fingerprint density at radius 1 is 1.09 bits per heavy atom. The maximum Gasteiger partial charge on any atom is 0.257 e. The summed E-state index contributed by atoms with van der Waals surface area (Å²) in [7, 11) is 0. The average Bonchev–Trinajstić information content (AvgIpc) is 2.49. The van der Waals surface area contributed by atoms with Crippen LogP contribution in [0.3, 0.4) is 0 Å². The van der Waals surface area contributed by atoms with Crippen molar-refractivity contribution in [3.63, 3.8) is 0 Å². The maximum atomic E-state index is 12.8. The first-order chi connectivity index (χ1) is 10.9. The molecule has 0 saturated carbocycles. The lowest BCUT2D eigenvalue weighted by Crippen LogP contribution is -2.34. The molecule has 0 aliphatic rings. The zero-order valence-corrected chi connectivity index (χ0v) is 13.6. The Hall–Kier alpha value is -2.47. The van der Waals surface area contributed by atoms with Crippen molar-refractivity contribution >= 4 is 28.9 Å². The van der Waals surface area contributed by atoms with E-state index in [0.717, 1.165) is 0 Å². The third-order valence-electron chi connectivity index (χ3n) is 2.82. The zero-order valence-electron chi connectivity index (χ0n) is 12.8. The number of thiocarbonyl (C=S) groups is 1. The summed E-state index contributed by atoms with van der Waals surface area (Å²) >= 11 is 5.07. The molecule has 0 radical (unpaired) electrons. The minimum absolute atomic E-state index is 0.0714. The summed E-state index contributed by atoms with van der Waals surface area (Å²) in [5.74, 6) is 0.0264. The van der Waals surface area contributed by atoms with E-state index in [1.54, 1.807) is 24.3 Å². The Kier molecular flexibility index (Phi) is 5.65. The first-order valence-electron chi connectivity index (χ1n) is 7.08. The Labute approximate surface area is 139 Å². The van der Waals surface area contributed by atoms with Crippen molar-refractivity contribution in [2.45, 2.75) is 20.0 Å². The Balaban J connectivity index is 1.92. The molecule has 0 spiro atoms. The quantitative estimate of drug-likeness (QED) is 0.838. The van der Waals surface area contributed by atoms with E-state index in [0.29, 0.717) is 17.0 Å². The number of anilines is 1. The van der Waals surface area contributed by atoms with E-state index in [4.69, 9.17) is 17.0 Å². The highest BCUT2D eigenvalue weighted by atomic mass is 32.1. The number of amides is 1. The van der Waals surface area contributed by atoms with Crippen LogP contribution in [0.5, 0.6) is 5.75 Å². The molecule has 23 heavy (non-hydrogen) atoms. The molecule has 0 unspecified atom stereocenters. The number of carbonyl (C=O) groups excluding carboxylic acids is 1. The average molecular weight is 332 g/mol. The lowest BCUT2D eigenvalue weighted by molar-refractivity contribution is 0.0977. The van der Waals surface area contributed by atoms with Gasteiger partial charge in [-0.3, -0.25) is 10.1 Å². The van der Waals surface area contributed by atoms with Gasteiger partial charge in [0.25, 0.3) is 5.91 Å². The fourth-order valence-electron chi connectivity index (χ4n) is 1.83. The van der Waals surface area contributed by atoms with Gasteiger partial charge in [0.1, 0.15) is 11.6 Å². The Morgan fingerprint density at radius 2 is 1.70 bits per heavy atom. The standard InChI is InChI=1S/C17H17FN2O2S/c1-11(2)22-15-9-3-12(4-10-15)16(21)20-17(23)19-14-7-5-13(18)6-8-14/h3-11H,1-2H3,(H2,19,20,21,23). The molecule has 0 saturated heterocycles. The van der Waals surface area contributed by atoms with E-state index in [-0.39, 0.29) is 22.9 Å². The second kappa shape index (κ2) is 7.69. The number of nitrogens with one attached hydrogen (secondary N) is 2. The number of hydrogen-bond donors (Lipinski definition) is 2. The highest BCUT2D eigenvalue weighted by Crippen LogP contribution is 2.14. The predicted octanol–water partition coefficient (Wildman–Crippen LogP) is 3.74. The molecule has 0 heterocycles. The molecule has 2 aromatic carbocycles. The fourth-order valence-corrected chi connectivity index (χ4v) is 2.04. The number of carbonyl (C=O) groups is 1. The summed E-state index contributed by atoms with van der Waals surface area (Å²) < 4.78 is 18.3. The van der Waals surface area contributed by atoms with Crippen LogP contribution in [0.1, 0.15) is 24.2 Å². The number of hydrogen-bond acceptors (Lipinski definition) is 3. The largest absolute Gasteiger partial charge is 0.491 e. The van der Waals surface area contributed by atoms with Crippen LogP contribution in [0.4, 0.5) is 10.1 Å². The summed E-state index contributed by atoms with van der Waals surface area (Å²) in [5.41, 5.74) is 1.06. The molecular weight excluding hydrogens is 315 g/mol. The van der Waals surface area contributed by atoms with Gasteiger partial charge in [-0.25, -0.2) is 4.39 Å². The second-order valence-corrected chi connectivity index (χ2v) is 5.51. The fraction of sp³-hybridized carbons (Fsp3) is 0.176. The molecule has 0 fully saturated rings. The van der Waals surface area contributed by atoms with Gasteiger partial charge in [0.2, 0.25) is 0 Å². The van der Waals surface area contributed by atoms with Crippen molar-refractivity contribution in [2.24, 2.45) is 0 Å². The van der Waals surface area contributed by atoms with Gasteiger partial charge in [-0.2, -0.15) is 0 Å². The van der Waals surface area contributed by atoms with Crippen LogP contribution < -0.4 is 15.4 Å². The SMILES string of the molecule is CC(C)Oc1ccc(C(=O)NC(=S)Nc2ccc(F)cc2)cc1. The smallest absolute Gasteiger partial charge is 0.257 e. The molecule has 0 aliphatic heterocycles. The zero-order chi connectivity index (χ0) is 16.8. The molecule has 6 heteroatoms. The van der Waals surface area contributed by atoms with Gasteiger partial charge >= 0.3 is 0 Å². The van der Waals surface area contributed by atoms with Crippen LogP contribution in [0.25, 0.3) is 0 Å². The number of rotatable bonds is 4. The van der Waals surface area contributed by atoms with Crippen LogP contribution in [0.15, 0.2) is 48.5 Å². The van der Waals surface area contributed by atoms with E-state index in [1.165, 1.54) is 24.3 Å². The predicted molar refractivity (Wildman–Crippen MR) is 92.3 cm³/mol. The van der Waals surface area contributed by atoms with Crippen molar-refractivity contribution in [2.75, 3.05) is 5.32 Å². The number of benzene rings is 2. The molecule has 0 aliphatic carbocycles. The van der Waals surface area contributed by atoms with Crippen LogP contribution in [0, 0.1) is 5.82 Å². The van der Waals surface area contributed by atoms with Gasteiger partial charge in [-0.1, -0.05) is 0 Å². The van der Waals surface area contributed by atoms with Crippen molar-refractivity contribution in [3.8, 4) is 5.75 Å². The van der Waals surface area contributed by atoms with E-state index in [9.17, 15) is 9.18 Å². The van der Waals surface area contributed by atoms with Crippen LogP contribution in [-0.2, 0) is 0 Å². The summed E-state index contributed by atoms with van der Waals surface area (Å²) in [4.78, 5) is 12.1. The minimum atomic E-state index is -0.339. The first-order valence-corrected chi connectivity index (χ1v) is 7.49. The molecule has 4 nitrogen and oxygen atoms in total. The van der Waals surface area contributed by atoms with Gasteiger partial charge in [-0.05, 0) is 74.6 Å². The van der Waals surface area contributed by atoms with Gasteiger partial charge < -0.3 is 10.1 Å². The topological polar surface area (TPSA) is 50.4 Å². The van der Waals surface area contributed by atoms with Crippen LogP contribution >= 0.6 is 12.2 Å². The number of ether oxygens (including phenoxy) is 1. The van der Waals surface area contributed by atoms with Crippen molar-refractivity contribution in [1.82, 2.24) is 5.32 Å². The van der Waals surface area contributed by atoms with Crippen LogP contribution in [0.2, 0.25) is 0 Å². The number of halogens is 1. The summed E-state index contributed by atoms with van der Waals surface area (Å²) in [6, 6.07) is 12.5. The molecule has 0 aromatic heterocycles. The Bertz CT molecular complexity index is 685. The molecule has 120 valence electrons. The molecule has 2 rings (SSSR count). The van der Waals surface area contributed by atoms with Crippen molar-refractivity contribution < 1.29 is 13.9 Å². The molecule has 2 N–H and O–H groups in total. The lowest BCUT2D eigenvalue weighted by atomic mass is 10.2. The maximum absolute atomic E-state index is 12.8. The van der Waals surface area contributed by atoms with Crippen molar-refractivity contribution in [1.29, 1.82) is 0 Å². The Morgan fingerprint density at radius 3 is 2.26 bits per heavy atom. The monoisotopic (exact) mass is 332 g/mol. The van der Waals surface area contributed by atoms with E-state index in [1.807, 2.05) is 13.8 Å². The van der Waals surface area contributed by atoms with Crippen LogP contribution in [-0.4, -0.2) is 17.1 Å². The van der Waals surface area contributed by atoms with Gasteiger partial charge in [0.05, 0.1) is 6.10 Å². The van der Waals surface area contributed by atoms with Crippen molar-refractivity contribution in [3.05, 3.63) is 59.9 Å². The molecule has 0 bridgehead atoms. The molecule has 0 atom stereocenters.